The van der Waals surface area contributed by atoms with Crippen LogP contribution >= 0.6 is 11.6 Å². The van der Waals surface area contributed by atoms with Crippen molar-refractivity contribution in [3.8, 4) is 0 Å². The number of nitrogens with zero attached hydrogens (tertiary/aromatic N) is 4. The lowest BCUT2D eigenvalue weighted by atomic mass is 9.96. The number of likely N-dealkylation sites (tertiary alicyclic amines) is 1. The fourth-order valence-corrected chi connectivity index (χ4v) is 5.11. The van der Waals surface area contributed by atoms with E-state index >= 15 is 0 Å². The van der Waals surface area contributed by atoms with Gasteiger partial charge in [-0.25, -0.2) is 27.2 Å². The Balaban J connectivity index is 1.45. The number of aromatic nitrogens is 2. The molecule has 0 aliphatic carbocycles. The summed E-state index contributed by atoms with van der Waals surface area (Å²) in [6.45, 7) is 0.786. The predicted molar refractivity (Wildman–Crippen MR) is 120 cm³/mol. The van der Waals surface area contributed by atoms with E-state index in [4.69, 9.17) is 11.6 Å². The molecule has 2 unspecified atom stereocenters. The second-order valence-corrected chi connectivity index (χ2v) is 10.7. The molecule has 2 saturated heterocycles. The normalized spacial score (nSPS) is 21.6. The average molecular weight is 514 g/mol. The molecule has 0 spiro atoms. The molecule has 2 amide bonds. The fraction of sp³-hybridized carbons (Fsp3) is 0.429. The molecule has 1 aromatic carbocycles. The molecule has 1 aromatic heterocycles. The van der Waals surface area contributed by atoms with E-state index in [1.807, 2.05) is 0 Å². The number of benzene rings is 1. The smallest absolute Gasteiger partial charge is 0.245 e. The molecule has 4 rings (SSSR count). The summed E-state index contributed by atoms with van der Waals surface area (Å²) in [6.07, 6.45) is 5.14. The number of piperidine rings is 2. The lowest BCUT2D eigenvalue weighted by Gasteiger charge is -2.41. The first-order chi connectivity index (χ1) is 16.0. The monoisotopic (exact) mass is 513 g/mol. The van der Waals surface area contributed by atoms with Crippen LogP contribution in [0.15, 0.2) is 29.4 Å². The molecular weight excluding hydrogens is 492 g/mol. The third-order valence-corrected chi connectivity index (χ3v) is 7.25. The van der Waals surface area contributed by atoms with Crippen molar-refractivity contribution in [2.45, 2.75) is 42.7 Å². The number of anilines is 2. The lowest BCUT2D eigenvalue weighted by molar-refractivity contribution is -0.138. The molecule has 1 N–H and O–H groups in total. The SMILES string of the molecule is CS(=O)(=O)c1cc(F)c(NC2CCCN(C3CCN(c4cnc(Cl)cn4)C(=O)C3)C2=O)cc1F. The van der Waals surface area contributed by atoms with E-state index in [0.29, 0.717) is 44.2 Å². The first-order valence-electron chi connectivity index (χ1n) is 10.6. The molecule has 2 fully saturated rings. The highest BCUT2D eigenvalue weighted by Gasteiger charge is 2.38. The molecule has 3 heterocycles. The number of carbonyl (C=O) groups excluding carboxylic acids is 2. The Kier molecular flexibility index (Phi) is 6.72. The molecule has 2 aliphatic heterocycles. The second kappa shape index (κ2) is 9.41. The first-order valence-corrected chi connectivity index (χ1v) is 12.9. The number of rotatable bonds is 5. The Hall–Kier alpha value is -2.86. The predicted octanol–water partition coefficient (Wildman–Crippen LogP) is 2.41. The summed E-state index contributed by atoms with van der Waals surface area (Å²) in [4.78, 5) is 36.3. The zero-order chi connectivity index (χ0) is 24.6. The van der Waals surface area contributed by atoms with Crippen LogP contribution in [-0.4, -0.2) is 66.5 Å². The van der Waals surface area contributed by atoms with E-state index < -0.39 is 32.4 Å². The van der Waals surface area contributed by atoms with E-state index in [2.05, 4.69) is 15.3 Å². The number of amides is 2. The van der Waals surface area contributed by atoms with E-state index in [-0.39, 0.29) is 35.1 Å². The molecule has 9 nitrogen and oxygen atoms in total. The van der Waals surface area contributed by atoms with Gasteiger partial charge in [0.15, 0.2) is 15.7 Å². The van der Waals surface area contributed by atoms with Crippen LogP contribution in [0.2, 0.25) is 5.15 Å². The Morgan fingerprint density at radius 3 is 2.50 bits per heavy atom. The van der Waals surface area contributed by atoms with Crippen molar-refractivity contribution in [2.75, 3.05) is 29.6 Å². The number of nitrogens with one attached hydrogen (secondary N) is 1. The molecule has 182 valence electrons. The van der Waals surface area contributed by atoms with Gasteiger partial charge in [-0.1, -0.05) is 11.6 Å². The van der Waals surface area contributed by atoms with Gasteiger partial charge in [0.05, 0.1) is 18.1 Å². The highest BCUT2D eigenvalue weighted by molar-refractivity contribution is 7.90. The molecule has 0 saturated carbocycles. The van der Waals surface area contributed by atoms with Crippen LogP contribution in [0, 0.1) is 11.6 Å². The Morgan fingerprint density at radius 2 is 1.85 bits per heavy atom. The van der Waals surface area contributed by atoms with E-state index in [1.165, 1.54) is 17.3 Å². The minimum atomic E-state index is -3.94. The first kappa shape index (κ1) is 24.3. The van der Waals surface area contributed by atoms with Gasteiger partial charge in [0, 0.05) is 37.9 Å². The summed E-state index contributed by atoms with van der Waals surface area (Å²) in [5.74, 6) is -2.22. The largest absolute Gasteiger partial charge is 0.371 e. The number of hydrogen-bond donors (Lipinski definition) is 1. The van der Waals surface area contributed by atoms with Crippen LogP contribution in [0.3, 0.4) is 0 Å². The standard InChI is InChI=1S/C21H22ClF2N5O4S/c1-34(32,33)17-9-13(23)16(8-14(17)24)27-15-3-2-5-28(21(15)31)12-4-6-29(20(30)7-12)19-11-25-18(22)10-26-19/h8-12,15,27H,2-7H2,1H3. The van der Waals surface area contributed by atoms with Crippen molar-refractivity contribution in [3.63, 3.8) is 0 Å². The molecule has 2 atom stereocenters. The maximum Gasteiger partial charge on any atom is 0.245 e. The Bertz CT molecular complexity index is 1230. The van der Waals surface area contributed by atoms with E-state index in [0.717, 1.165) is 12.3 Å². The summed E-state index contributed by atoms with van der Waals surface area (Å²) >= 11 is 5.75. The Morgan fingerprint density at radius 1 is 1.09 bits per heavy atom. The summed E-state index contributed by atoms with van der Waals surface area (Å²) in [5, 5.41) is 2.93. The molecular formula is C21H22ClF2N5O4S. The highest BCUT2D eigenvalue weighted by Crippen LogP contribution is 2.28. The maximum absolute atomic E-state index is 14.5. The molecule has 34 heavy (non-hydrogen) atoms. The fourth-order valence-electron chi connectivity index (χ4n) is 4.28. The van der Waals surface area contributed by atoms with Crippen molar-refractivity contribution in [2.24, 2.45) is 0 Å². The Labute approximate surface area is 200 Å². The summed E-state index contributed by atoms with van der Waals surface area (Å²) in [5.41, 5.74) is -0.294. The quantitative estimate of drug-likeness (QED) is 0.653. The van der Waals surface area contributed by atoms with Crippen molar-refractivity contribution in [3.05, 3.63) is 41.3 Å². The number of halogens is 3. The van der Waals surface area contributed by atoms with Crippen LogP contribution in [0.5, 0.6) is 0 Å². The topological polar surface area (TPSA) is 113 Å². The summed E-state index contributed by atoms with van der Waals surface area (Å²) < 4.78 is 51.9. The van der Waals surface area contributed by atoms with Gasteiger partial charge in [0.2, 0.25) is 11.8 Å². The van der Waals surface area contributed by atoms with E-state index in [9.17, 15) is 26.8 Å². The van der Waals surface area contributed by atoms with Crippen molar-refractivity contribution < 1.29 is 26.8 Å². The van der Waals surface area contributed by atoms with Gasteiger partial charge in [0.1, 0.15) is 27.7 Å². The zero-order valence-corrected chi connectivity index (χ0v) is 19.7. The van der Waals surface area contributed by atoms with Crippen LogP contribution in [0.4, 0.5) is 20.3 Å². The number of carbonyl (C=O) groups is 2. The van der Waals surface area contributed by atoms with Gasteiger partial charge < -0.3 is 10.2 Å². The van der Waals surface area contributed by atoms with Gasteiger partial charge in [-0.2, -0.15) is 0 Å². The summed E-state index contributed by atoms with van der Waals surface area (Å²) in [7, 11) is -3.94. The minimum Gasteiger partial charge on any atom is -0.371 e. The van der Waals surface area contributed by atoms with Crippen LogP contribution in [-0.2, 0) is 19.4 Å². The van der Waals surface area contributed by atoms with E-state index in [1.54, 1.807) is 4.90 Å². The molecule has 0 bridgehead atoms. The van der Waals surface area contributed by atoms with Crippen molar-refractivity contribution >= 4 is 44.8 Å². The van der Waals surface area contributed by atoms with Crippen LogP contribution in [0.1, 0.15) is 25.7 Å². The van der Waals surface area contributed by atoms with Gasteiger partial charge in [0.25, 0.3) is 0 Å². The van der Waals surface area contributed by atoms with Gasteiger partial charge in [-0.3, -0.25) is 14.5 Å². The van der Waals surface area contributed by atoms with Crippen LogP contribution < -0.4 is 10.2 Å². The minimum absolute atomic E-state index is 0.0921. The number of hydrogen-bond acceptors (Lipinski definition) is 7. The van der Waals surface area contributed by atoms with Gasteiger partial charge in [-0.15, -0.1) is 0 Å². The third kappa shape index (κ3) is 4.97. The highest BCUT2D eigenvalue weighted by atomic mass is 35.5. The summed E-state index contributed by atoms with van der Waals surface area (Å²) in [6, 6.07) is 0.177. The molecule has 13 heteroatoms. The van der Waals surface area contributed by atoms with Crippen LogP contribution in [0.25, 0.3) is 0 Å². The lowest BCUT2D eigenvalue weighted by Crippen LogP contribution is -2.56. The third-order valence-electron chi connectivity index (χ3n) is 5.95. The zero-order valence-electron chi connectivity index (χ0n) is 18.2. The maximum atomic E-state index is 14.5. The van der Waals surface area contributed by atoms with Gasteiger partial charge in [-0.05, 0) is 25.3 Å². The molecule has 2 aliphatic rings. The molecule has 0 radical (unpaired) electrons. The number of sulfone groups is 1. The average Bonchev–Trinajstić information content (AvgIpc) is 2.77. The molecule has 2 aromatic rings. The van der Waals surface area contributed by atoms with Crippen molar-refractivity contribution in [1.82, 2.24) is 14.9 Å². The second-order valence-electron chi connectivity index (χ2n) is 8.29. The van der Waals surface area contributed by atoms with Gasteiger partial charge >= 0.3 is 0 Å². The van der Waals surface area contributed by atoms with Crippen molar-refractivity contribution in [1.29, 1.82) is 0 Å².